The Morgan fingerprint density at radius 3 is 2.72 bits per heavy atom. The van der Waals surface area contributed by atoms with Crippen molar-refractivity contribution in [2.24, 2.45) is 23.7 Å². The fourth-order valence-corrected chi connectivity index (χ4v) is 8.90. The zero-order chi connectivity index (χ0) is 32.6. The molecule has 1 unspecified atom stereocenters. The number of rotatable bonds is 4. The topological polar surface area (TPSA) is 97.0 Å². The number of amides is 1. The molecule has 11 heteroatoms. The Balaban J connectivity index is 1.45. The van der Waals surface area contributed by atoms with E-state index in [1.54, 1.807) is 31.2 Å². The first-order valence-electron chi connectivity index (χ1n) is 16.6. The second-order valence-corrected chi connectivity index (χ2v) is 15.9. The molecule has 2 aromatic carbocycles. The number of ether oxygens (including phenoxy) is 2. The van der Waals surface area contributed by atoms with Gasteiger partial charge in [-0.3, -0.25) is 4.79 Å². The van der Waals surface area contributed by atoms with E-state index in [1.165, 1.54) is 5.57 Å². The summed E-state index contributed by atoms with van der Waals surface area (Å²) in [5.74, 6) is 0.0345. The first-order chi connectivity index (χ1) is 22.1. The van der Waals surface area contributed by atoms with E-state index in [2.05, 4.69) is 21.0 Å². The molecule has 0 saturated heterocycles. The van der Waals surface area contributed by atoms with Crippen molar-refractivity contribution in [1.82, 2.24) is 10.0 Å². The third-order valence-corrected chi connectivity index (χ3v) is 12.8. The molecule has 3 heterocycles. The summed E-state index contributed by atoms with van der Waals surface area (Å²) in [6.45, 7) is 6.39. The average Bonchev–Trinajstić information content (AvgIpc) is 3.02. The summed E-state index contributed by atoms with van der Waals surface area (Å²) >= 11 is 6.25. The van der Waals surface area contributed by atoms with Gasteiger partial charge in [0.05, 0.1) is 35.3 Å². The van der Waals surface area contributed by atoms with E-state index in [0.29, 0.717) is 62.1 Å². The number of carbonyl (C=O) groups excluding carboxylic acids is 1. The SMILES string of the molecule is CNCCO[C@H]1C2=CC(C2)[C@H](C)[C@@H](C)S(=O)(=O)NC(=O)c2ccc3c(c2)N(Cc2ccc(Cl)c(F)c2CCCCO3)C[C@@H]2CC[C@H]21. The van der Waals surface area contributed by atoms with Gasteiger partial charge < -0.3 is 19.7 Å². The summed E-state index contributed by atoms with van der Waals surface area (Å²) in [6, 6.07) is 8.59. The number of likely N-dealkylation sites (N-methyl/N-ethyl adjacent to an activating group) is 1. The fraction of sp³-hybridized carbons (Fsp3) is 0.571. The lowest BCUT2D eigenvalue weighted by atomic mass is 9.64. The molecule has 46 heavy (non-hydrogen) atoms. The number of hydrogen-bond donors (Lipinski definition) is 2. The number of nitrogens with zero attached hydrogens (tertiary/aromatic N) is 1. The molecule has 5 aliphatic rings. The van der Waals surface area contributed by atoms with Crippen LogP contribution in [0.1, 0.15) is 67.4 Å². The normalized spacial score (nSPS) is 29.4. The first-order valence-corrected chi connectivity index (χ1v) is 18.5. The average molecular weight is 674 g/mol. The van der Waals surface area contributed by atoms with Gasteiger partial charge >= 0.3 is 0 Å². The number of hydrogen-bond acceptors (Lipinski definition) is 7. The number of halogens is 2. The molecule has 2 N–H and O–H groups in total. The summed E-state index contributed by atoms with van der Waals surface area (Å²) in [4.78, 5) is 15.7. The van der Waals surface area contributed by atoms with Crippen molar-refractivity contribution in [3.05, 3.63) is 69.5 Å². The number of fused-ring (bicyclic) bond motifs is 5. The standard InChI is InChI=1S/C35H45ClFN3O5S/c1-21-22(2)46(42,43)39-35(41)23-9-12-32-31(18-23)40(19-24-8-11-30(36)33(37)28(24)6-4-5-14-44-32)20-25-7-10-29(25)34(45-15-13-38-3)27-16-26(21)17-27/h8-9,11-12,16,18,21-22,25-26,29,34,38H,4-7,10,13-15,17,19-20H2,1-3H3,(H,39,41)/t21-,22-,25+,26?,29-,34+/m1/s1. The maximum Gasteiger partial charge on any atom is 0.264 e. The maximum absolute atomic E-state index is 15.4. The van der Waals surface area contributed by atoms with Gasteiger partial charge in [-0.15, -0.1) is 0 Å². The molecule has 8 nitrogen and oxygen atoms in total. The molecule has 1 saturated carbocycles. The summed E-state index contributed by atoms with van der Waals surface area (Å²) in [5.41, 5.74) is 3.59. The van der Waals surface area contributed by atoms with Crippen LogP contribution in [0.3, 0.4) is 0 Å². The van der Waals surface area contributed by atoms with Crippen LogP contribution in [0.15, 0.2) is 42.0 Å². The van der Waals surface area contributed by atoms with E-state index in [1.807, 2.05) is 20.0 Å². The van der Waals surface area contributed by atoms with Crippen LogP contribution < -0.4 is 19.7 Å². The van der Waals surface area contributed by atoms with Gasteiger partial charge in [0.1, 0.15) is 11.6 Å². The molecule has 0 aromatic heterocycles. The molecule has 0 spiro atoms. The van der Waals surface area contributed by atoms with Crippen molar-refractivity contribution in [2.75, 3.05) is 38.3 Å². The minimum Gasteiger partial charge on any atom is -0.491 e. The molecular formula is C35H45ClFN3O5S. The van der Waals surface area contributed by atoms with E-state index in [0.717, 1.165) is 37.8 Å². The van der Waals surface area contributed by atoms with Gasteiger partial charge in [-0.25, -0.2) is 17.5 Å². The van der Waals surface area contributed by atoms with E-state index >= 15 is 4.39 Å². The Hall–Kier alpha value is -2.66. The largest absolute Gasteiger partial charge is 0.491 e. The molecule has 3 aliphatic heterocycles. The number of anilines is 1. The zero-order valence-electron chi connectivity index (χ0n) is 26.9. The van der Waals surface area contributed by atoms with Gasteiger partial charge in [-0.05, 0) is 117 Å². The van der Waals surface area contributed by atoms with Crippen molar-refractivity contribution in [2.45, 2.75) is 70.3 Å². The summed E-state index contributed by atoms with van der Waals surface area (Å²) < 4.78 is 57.6. The highest BCUT2D eigenvalue weighted by molar-refractivity contribution is 7.90. The molecule has 2 aromatic rings. The number of carbonyl (C=O) groups is 1. The predicted molar refractivity (Wildman–Crippen MR) is 178 cm³/mol. The van der Waals surface area contributed by atoms with Gasteiger partial charge in [-0.2, -0.15) is 0 Å². The van der Waals surface area contributed by atoms with Gasteiger partial charge in [0.15, 0.2) is 0 Å². The van der Waals surface area contributed by atoms with Gasteiger partial charge in [0.25, 0.3) is 5.91 Å². The van der Waals surface area contributed by atoms with Crippen LogP contribution >= 0.6 is 11.6 Å². The number of sulfonamides is 1. The number of nitrogens with one attached hydrogen (secondary N) is 2. The molecule has 4 bridgehead atoms. The number of benzene rings is 2. The lowest BCUT2D eigenvalue weighted by molar-refractivity contribution is -0.0247. The Morgan fingerprint density at radius 1 is 1.17 bits per heavy atom. The van der Waals surface area contributed by atoms with Crippen molar-refractivity contribution >= 4 is 33.2 Å². The van der Waals surface area contributed by atoms with Crippen LogP contribution in [-0.4, -0.2) is 59.0 Å². The van der Waals surface area contributed by atoms with Crippen molar-refractivity contribution < 1.29 is 27.1 Å². The number of allylic oxidation sites excluding steroid dienone is 1. The van der Waals surface area contributed by atoms with E-state index < -0.39 is 21.2 Å². The van der Waals surface area contributed by atoms with Crippen molar-refractivity contribution in [3.8, 4) is 5.75 Å². The molecule has 1 amide bonds. The highest BCUT2D eigenvalue weighted by atomic mass is 35.5. The highest BCUT2D eigenvalue weighted by Crippen LogP contribution is 2.47. The third kappa shape index (κ3) is 6.68. The van der Waals surface area contributed by atoms with E-state index in [4.69, 9.17) is 21.1 Å². The van der Waals surface area contributed by atoms with Crippen LogP contribution in [0.2, 0.25) is 5.02 Å². The molecule has 2 aliphatic carbocycles. The van der Waals surface area contributed by atoms with Crippen molar-refractivity contribution in [1.29, 1.82) is 0 Å². The molecule has 7 rings (SSSR count). The predicted octanol–water partition coefficient (Wildman–Crippen LogP) is 5.88. The molecule has 6 atom stereocenters. The molecule has 0 radical (unpaired) electrons. The van der Waals surface area contributed by atoms with Crippen LogP contribution in [0, 0.1) is 29.5 Å². The molecule has 1 fully saturated rings. The quantitative estimate of drug-likeness (QED) is 0.309. The van der Waals surface area contributed by atoms with Crippen molar-refractivity contribution in [3.63, 3.8) is 0 Å². The third-order valence-electron chi connectivity index (χ3n) is 10.7. The fourth-order valence-electron chi connectivity index (χ4n) is 7.39. The summed E-state index contributed by atoms with van der Waals surface area (Å²) in [5, 5.41) is 2.51. The van der Waals surface area contributed by atoms with Gasteiger partial charge in [0, 0.05) is 25.2 Å². The summed E-state index contributed by atoms with van der Waals surface area (Å²) in [6.07, 6.45) is 6.97. The Bertz CT molecular complexity index is 1600. The Labute approximate surface area is 277 Å². The van der Waals surface area contributed by atoms with Crippen LogP contribution in [0.25, 0.3) is 0 Å². The lowest BCUT2D eigenvalue weighted by Gasteiger charge is -2.47. The second kappa shape index (κ2) is 13.8. The lowest BCUT2D eigenvalue weighted by Crippen LogP contribution is -2.48. The zero-order valence-corrected chi connectivity index (χ0v) is 28.4. The van der Waals surface area contributed by atoms with Crippen LogP contribution in [0.5, 0.6) is 5.75 Å². The van der Waals surface area contributed by atoms with E-state index in [9.17, 15) is 13.2 Å². The molecule has 250 valence electrons. The minimum absolute atomic E-state index is 0.0513. The highest BCUT2D eigenvalue weighted by Gasteiger charge is 2.44. The second-order valence-electron chi connectivity index (χ2n) is 13.4. The maximum atomic E-state index is 15.4. The van der Waals surface area contributed by atoms with Crippen LogP contribution in [-0.2, 0) is 27.7 Å². The van der Waals surface area contributed by atoms with Gasteiger partial charge in [-0.1, -0.05) is 30.7 Å². The van der Waals surface area contributed by atoms with E-state index in [-0.39, 0.29) is 40.3 Å². The Morgan fingerprint density at radius 2 is 1.98 bits per heavy atom. The minimum atomic E-state index is -3.96. The monoisotopic (exact) mass is 673 g/mol. The first kappa shape index (κ1) is 33.2. The molecular weight excluding hydrogens is 629 g/mol. The van der Waals surface area contributed by atoms with Gasteiger partial charge in [0.2, 0.25) is 10.0 Å². The smallest absolute Gasteiger partial charge is 0.264 e. The Kier molecular flexibility index (Phi) is 9.99. The summed E-state index contributed by atoms with van der Waals surface area (Å²) in [7, 11) is -2.05. The van der Waals surface area contributed by atoms with Crippen LogP contribution in [0.4, 0.5) is 10.1 Å².